The molecular formula is C12H19NS. The molecular weight excluding hydrogens is 190 g/mol. The predicted octanol–water partition coefficient (Wildman–Crippen LogP) is 4.25. The summed E-state index contributed by atoms with van der Waals surface area (Å²) in [5, 5.41) is 3.33. The van der Waals surface area contributed by atoms with Gasteiger partial charge in [0.05, 0.1) is 5.69 Å². The molecule has 0 aliphatic carbocycles. The molecule has 0 radical (unpaired) electrons. The summed E-state index contributed by atoms with van der Waals surface area (Å²) >= 11 is 1.75. The van der Waals surface area contributed by atoms with Gasteiger partial charge in [-0.05, 0) is 18.9 Å². The van der Waals surface area contributed by atoms with Crippen LogP contribution in [-0.2, 0) is 5.41 Å². The molecule has 2 heteroatoms. The third kappa shape index (κ3) is 2.68. The molecule has 14 heavy (non-hydrogen) atoms. The van der Waals surface area contributed by atoms with Crippen LogP contribution in [0.1, 0.15) is 51.7 Å². The lowest BCUT2D eigenvalue weighted by atomic mass is 9.93. The summed E-state index contributed by atoms with van der Waals surface area (Å²) in [4.78, 5) is 4.65. The normalized spacial score (nSPS) is 13.4. The fourth-order valence-corrected chi connectivity index (χ4v) is 2.24. The summed E-state index contributed by atoms with van der Waals surface area (Å²) in [5.41, 5.74) is 2.66. The minimum atomic E-state index is 0.168. The standard InChI is InChI=1S/C12H19NS/c1-6-7-9(2)11-13-10(8-14-11)12(3,4)5/h7-8H,6H2,1-5H3/b9-7-. The third-order valence-corrected chi connectivity index (χ3v) is 3.10. The highest BCUT2D eigenvalue weighted by Gasteiger charge is 2.17. The van der Waals surface area contributed by atoms with E-state index in [0.717, 1.165) is 11.4 Å². The molecule has 0 amide bonds. The van der Waals surface area contributed by atoms with Gasteiger partial charge in [0.2, 0.25) is 0 Å². The second kappa shape index (κ2) is 4.26. The number of hydrogen-bond acceptors (Lipinski definition) is 2. The predicted molar refractivity (Wildman–Crippen MR) is 64.8 cm³/mol. The van der Waals surface area contributed by atoms with Crippen LogP contribution in [0.4, 0.5) is 0 Å². The molecule has 0 aliphatic heterocycles. The Morgan fingerprint density at radius 2 is 2.14 bits per heavy atom. The monoisotopic (exact) mass is 209 g/mol. The minimum Gasteiger partial charge on any atom is -0.241 e. The van der Waals surface area contributed by atoms with Crippen LogP contribution in [0.2, 0.25) is 0 Å². The number of hydrogen-bond donors (Lipinski definition) is 0. The van der Waals surface area contributed by atoms with E-state index in [4.69, 9.17) is 0 Å². The van der Waals surface area contributed by atoms with Crippen molar-refractivity contribution in [2.24, 2.45) is 0 Å². The summed E-state index contributed by atoms with van der Waals surface area (Å²) in [7, 11) is 0. The molecule has 0 aromatic carbocycles. The highest BCUT2D eigenvalue weighted by Crippen LogP contribution is 2.27. The van der Waals surface area contributed by atoms with Crippen LogP contribution < -0.4 is 0 Å². The van der Waals surface area contributed by atoms with Crippen molar-refractivity contribution < 1.29 is 0 Å². The van der Waals surface area contributed by atoms with Crippen molar-refractivity contribution in [1.29, 1.82) is 0 Å². The van der Waals surface area contributed by atoms with Gasteiger partial charge >= 0.3 is 0 Å². The van der Waals surface area contributed by atoms with Crippen molar-refractivity contribution in [3.05, 3.63) is 22.2 Å². The molecule has 0 fully saturated rings. The topological polar surface area (TPSA) is 12.9 Å². The van der Waals surface area contributed by atoms with Crippen molar-refractivity contribution in [2.45, 2.75) is 46.5 Å². The first kappa shape index (κ1) is 11.4. The van der Waals surface area contributed by atoms with E-state index < -0.39 is 0 Å². The fourth-order valence-electron chi connectivity index (χ4n) is 1.19. The number of nitrogens with zero attached hydrogens (tertiary/aromatic N) is 1. The van der Waals surface area contributed by atoms with Gasteiger partial charge in [0, 0.05) is 10.8 Å². The SMILES string of the molecule is CC/C=C(/C)c1nc(C(C)(C)C)cs1. The molecule has 1 heterocycles. The van der Waals surface area contributed by atoms with E-state index in [1.54, 1.807) is 11.3 Å². The van der Waals surface area contributed by atoms with Crippen molar-refractivity contribution in [1.82, 2.24) is 4.98 Å². The van der Waals surface area contributed by atoms with Crippen molar-refractivity contribution in [2.75, 3.05) is 0 Å². The zero-order valence-corrected chi connectivity index (χ0v) is 10.5. The Balaban J connectivity index is 2.94. The van der Waals surface area contributed by atoms with Gasteiger partial charge in [0.1, 0.15) is 5.01 Å². The van der Waals surface area contributed by atoms with Gasteiger partial charge in [-0.3, -0.25) is 0 Å². The molecule has 1 nitrogen and oxygen atoms in total. The molecule has 78 valence electrons. The Hall–Kier alpha value is -0.630. The first-order chi connectivity index (χ1) is 6.45. The highest BCUT2D eigenvalue weighted by molar-refractivity contribution is 7.10. The molecule has 0 saturated heterocycles. The molecule has 1 aromatic rings. The minimum absolute atomic E-state index is 0.168. The molecule has 0 atom stereocenters. The van der Waals surface area contributed by atoms with Gasteiger partial charge < -0.3 is 0 Å². The summed E-state index contributed by atoms with van der Waals surface area (Å²) in [6.45, 7) is 10.9. The molecule has 0 saturated carbocycles. The van der Waals surface area contributed by atoms with Gasteiger partial charge in [0.15, 0.2) is 0 Å². The van der Waals surface area contributed by atoms with Gasteiger partial charge in [0.25, 0.3) is 0 Å². The van der Waals surface area contributed by atoms with E-state index in [0.29, 0.717) is 0 Å². The van der Waals surface area contributed by atoms with Crippen LogP contribution in [0.5, 0.6) is 0 Å². The molecule has 0 spiro atoms. The van der Waals surface area contributed by atoms with Crippen molar-refractivity contribution in [3.63, 3.8) is 0 Å². The van der Waals surface area contributed by atoms with Crippen LogP contribution in [0.25, 0.3) is 5.57 Å². The number of thiazole rings is 1. The Bertz CT molecular complexity index is 328. The van der Waals surface area contributed by atoms with E-state index in [9.17, 15) is 0 Å². The Morgan fingerprint density at radius 3 is 2.57 bits per heavy atom. The first-order valence-corrected chi connectivity index (χ1v) is 5.96. The molecule has 0 N–H and O–H groups in total. The van der Waals surface area contributed by atoms with Crippen LogP contribution in [0.15, 0.2) is 11.5 Å². The van der Waals surface area contributed by atoms with Crippen molar-refractivity contribution in [3.8, 4) is 0 Å². The molecule has 0 bridgehead atoms. The van der Waals surface area contributed by atoms with E-state index in [2.05, 4.69) is 51.1 Å². The smallest absolute Gasteiger partial charge is 0.118 e. The quantitative estimate of drug-likeness (QED) is 0.709. The van der Waals surface area contributed by atoms with Crippen LogP contribution in [-0.4, -0.2) is 4.98 Å². The van der Waals surface area contributed by atoms with Gasteiger partial charge in [-0.1, -0.05) is 33.8 Å². The van der Waals surface area contributed by atoms with E-state index >= 15 is 0 Å². The Labute approximate surface area is 90.9 Å². The molecule has 0 aliphatic rings. The number of rotatable bonds is 2. The average Bonchev–Trinajstić information content (AvgIpc) is 2.51. The van der Waals surface area contributed by atoms with E-state index in [1.807, 2.05) is 0 Å². The van der Waals surface area contributed by atoms with Crippen LogP contribution in [0.3, 0.4) is 0 Å². The zero-order valence-electron chi connectivity index (χ0n) is 9.72. The Morgan fingerprint density at radius 1 is 1.50 bits per heavy atom. The first-order valence-electron chi connectivity index (χ1n) is 5.08. The highest BCUT2D eigenvalue weighted by atomic mass is 32.1. The maximum Gasteiger partial charge on any atom is 0.118 e. The van der Waals surface area contributed by atoms with Crippen molar-refractivity contribution >= 4 is 16.9 Å². The summed E-state index contributed by atoms with van der Waals surface area (Å²) in [5.74, 6) is 0. The largest absolute Gasteiger partial charge is 0.241 e. The van der Waals surface area contributed by atoms with E-state index in [-0.39, 0.29) is 5.41 Å². The lowest BCUT2D eigenvalue weighted by Gasteiger charge is -2.14. The zero-order chi connectivity index (χ0) is 10.8. The average molecular weight is 209 g/mol. The lowest BCUT2D eigenvalue weighted by Crippen LogP contribution is -2.11. The van der Waals surface area contributed by atoms with Gasteiger partial charge in [-0.25, -0.2) is 4.98 Å². The molecule has 0 unspecified atom stereocenters. The maximum absolute atomic E-state index is 4.65. The summed E-state index contributed by atoms with van der Waals surface area (Å²) < 4.78 is 0. The summed E-state index contributed by atoms with van der Waals surface area (Å²) in [6.07, 6.45) is 3.31. The third-order valence-electron chi connectivity index (χ3n) is 2.12. The Kier molecular flexibility index (Phi) is 3.48. The number of aromatic nitrogens is 1. The fraction of sp³-hybridized carbons (Fsp3) is 0.583. The summed E-state index contributed by atoms with van der Waals surface area (Å²) in [6, 6.07) is 0. The lowest BCUT2D eigenvalue weighted by molar-refractivity contribution is 0.572. The maximum atomic E-state index is 4.65. The number of allylic oxidation sites excluding steroid dienone is 2. The van der Waals surface area contributed by atoms with Gasteiger partial charge in [-0.2, -0.15) is 0 Å². The van der Waals surface area contributed by atoms with Crippen LogP contribution in [0, 0.1) is 0 Å². The van der Waals surface area contributed by atoms with Crippen LogP contribution >= 0.6 is 11.3 Å². The second-order valence-corrected chi connectivity index (χ2v) is 5.44. The second-order valence-electron chi connectivity index (χ2n) is 4.58. The molecule has 1 aromatic heterocycles. The molecule has 1 rings (SSSR count). The van der Waals surface area contributed by atoms with Gasteiger partial charge in [-0.15, -0.1) is 11.3 Å². The van der Waals surface area contributed by atoms with E-state index in [1.165, 1.54) is 11.3 Å².